The lowest BCUT2D eigenvalue weighted by Gasteiger charge is -2.62. The van der Waals surface area contributed by atoms with E-state index in [1.165, 1.54) is 44.9 Å². The van der Waals surface area contributed by atoms with Crippen LogP contribution < -0.4 is 9.47 Å². The summed E-state index contributed by atoms with van der Waals surface area (Å²) in [6, 6.07) is 21.8. The third-order valence-electron chi connectivity index (χ3n) is 39.0. The third-order valence-corrected chi connectivity index (χ3v) is 39.0. The second-order valence-electron chi connectivity index (χ2n) is 53.1. The number of carbonyl (C=O) groups excluding carboxylic acids is 12. The SMILES string of the molecule is CCC(C)(C)C(=O)OC1(C(C)C)C2CC3CC(C2)CC1C3.CCC(C)(C)C(=O)OC12CC3CC(O)(CC(O)(C3)C1)C2.CCC(C)(C)C(=O)OCC(=O)OC1C2CC3CC(C2)C(=O)OC1C3.CCC(C)(C)C(=O)Oc1ccc(C(=O)OC23CC4CC(C2)CC(C(=O)OC(OC(=O)C25CC6CC(CC(OC(=O)c7ccc(OC(=O)C(C)(C)CC)cc7)(C6)C2)C5)c2ccccc2)(C4)C3)cc1.CCC1(OC(=O)C(C)(C)CC)CCCC1. The van der Waals surface area contributed by atoms with Crippen LogP contribution in [0.2, 0.25) is 0 Å². The largest absolute Gasteiger partial charge is 0.459 e. The molecule has 21 aliphatic rings. The van der Waals surface area contributed by atoms with Crippen molar-refractivity contribution in [3.63, 3.8) is 0 Å². The van der Waals surface area contributed by atoms with Gasteiger partial charge >= 0.3 is 71.6 Å². The van der Waals surface area contributed by atoms with Crippen LogP contribution in [-0.2, 0) is 95.3 Å². The lowest BCUT2D eigenvalue weighted by atomic mass is 9.47. The zero-order valence-electron chi connectivity index (χ0n) is 92.0. The minimum Gasteiger partial charge on any atom is -0.459 e. The van der Waals surface area contributed by atoms with Crippen molar-refractivity contribution >= 4 is 71.6 Å². The number of benzene rings is 3. The fraction of sp³-hybridized carbons (Fsp3) is 0.752. The molecule has 21 fully saturated rings. The fourth-order valence-electron chi connectivity index (χ4n) is 29.4. The van der Waals surface area contributed by atoms with Crippen molar-refractivity contribution in [2.45, 2.75) is 447 Å². The molecule has 0 radical (unpaired) electrons. The topological polar surface area (TPSA) is 356 Å². The molecule has 26 nitrogen and oxygen atoms in total. The molecule has 812 valence electrons. The van der Waals surface area contributed by atoms with Gasteiger partial charge in [0.15, 0.2) is 6.61 Å². The monoisotopic (exact) mass is 2040 g/mol. The lowest BCUT2D eigenvalue weighted by Crippen LogP contribution is -2.67. The Balaban J connectivity index is 0.000000163. The molecule has 2 saturated heterocycles. The lowest BCUT2D eigenvalue weighted by molar-refractivity contribution is -0.264. The van der Waals surface area contributed by atoms with E-state index in [9.17, 15) is 67.7 Å². The number of aliphatic hydroxyl groups is 2. The molecule has 11 unspecified atom stereocenters. The molecule has 0 aromatic heterocycles. The quantitative estimate of drug-likeness (QED) is 0.0261. The normalized spacial score (nSPS) is 33.9. The van der Waals surface area contributed by atoms with Gasteiger partial charge in [0.2, 0.25) is 0 Å². The molecule has 147 heavy (non-hydrogen) atoms. The minimum atomic E-state index is -1.31. The standard InChI is InChI=1S/C55H64O12.C19H32O2.C18H26O6.C16H26O4.C13H24O2/c1-7-50(3,4)46(58)62-41-18-14-38(15-19-41)43(56)66-54-28-34-22-35(29-54)25-52(24-34,32-54)48(60)64-45(40-12-10-9-11-13-40)65-49(61)53-26-36-23-37(27-53)31-55(30-36,33-53)67-44(57)39-16-20-42(21-17-39)63-47(59)51(5,6)8-2;1-6-18(4,5)17(20)21-19(12(2)3)15-8-13-7-14(10-15)11-16(19)9-13;1-4-18(2,3)17(21)22-9-14(19)24-15-11-5-10-6-12(8-11)16(20)23-13(15)7-10;1-4-13(2,3)12(17)20-16-7-11-5-14(18,9-16)8-15(19,6-11)10-16;1-5-12(3,4)11(14)15-13(6-2)9-7-8-10-13/h9-21,34-37,45H,7-8,22-33H2,1-6H3;12-16H,6-11H2,1-5H3;10-13,15H,4-9H2,1-3H3;11,18-19H,4-10H2,1-3H3;5-10H2,1-4H3. The first-order valence-corrected chi connectivity index (χ1v) is 56.2. The maximum Gasteiger partial charge on any atom is 0.344 e. The van der Waals surface area contributed by atoms with Crippen LogP contribution in [-0.4, -0.2) is 140 Å². The van der Waals surface area contributed by atoms with Gasteiger partial charge in [0.1, 0.15) is 51.7 Å². The number of carbonyl (C=O) groups is 12. The minimum absolute atomic E-state index is 0.0197. The van der Waals surface area contributed by atoms with E-state index in [-0.39, 0.29) is 112 Å². The molecular formula is C121H172O26. The van der Waals surface area contributed by atoms with Gasteiger partial charge in [-0.25, -0.2) is 14.4 Å². The molecule has 19 saturated carbocycles. The molecule has 11 atom stereocenters. The molecule has 2 heterocycles. The van der Waals surface area contributed by atoms with E-state index < -0.39 is 109 Å². The highest BCUT2D eigenvalue weighted by Crippen LogP contribution is 2.68. The van der Waals surface area contributed by atoms with Crippen LogP contribution in [0.1, 0.15) is 422 Å². The molecule has 3 aromatic carbocycles. The van der Waals surface area contributed by atoms with Gasteiger partial charge in [-0.05, 0) is 409 Å². The van der Waals surface area contributed by atoms with Crippen molar-refractivity contribution in [1.29, 1.82) is 0 Å². The highest BCUT2D eigenvalue weighted by Gasteiger charge is 2.69. The number of ether oxygens (including phenoxy) is 12. The Labute approximate surface area is 872 Å². The molecule has 24 rings (SSSR count). The van der Waals surface area contributed by atoms with Crippen LogP contribution in [0, 0.1) is 120 Å². The number of esters is 12. The Morgan fingerprint density at radius 2 is 0.789 bits per heavy atom. The average Bonchev–Trinajstić information content (AvgIpc) is 0.814. The van der Waals surface area contributed by atoms with E-state index >= 15 is 0 Å². The molecule has 26 heteroatoms. The van der Waals surface area contributed by atoms with Crippen molar-refractivity contribution in [3.8, 4) is 11.5 Å². The van der Waals surface area contributed by atoms with Gasteiger partial charge in [-0.2, -0.15) is 0 Å². The summed E-state index contributed by atoms with van der Waals surface area (Å²) in [7, 11) is 0. The molecule has 0 amide bonds. The number of hydrogen-bond donors (Lipinski definition) is 2. The maximum absolute atomic E-state index is 14.8. The summed E-state index contributed by atoms with van der Waals surface area (Å²) in [6.45, 7) is 40.7. The van der Waals surface area contributed by atoms with Gasteiger partial charge < -0.3 is 67.1 Å². The van der Waals surface area contributed by atoms with Crippen molar-refractivity contribution in [1.82, 2.24) is 0 Å². The van der Waals surface area contributed by atoms with E-state index in [1.54, 1.807) is 74.5 Å². The molecule has 0 spiro atoms. The summed E-state index contributed by atoms with van der Waals surface area (Å²) in [6.07, 6.45) is 28.8. The highest BCUT2D eigenvalue weighted by molar-refractivity contribution is 5.92. The smallest absolute Gasteiger partial charge is 0.344 e. The Morgan fingerprint density at radius 1 is 0.395 bits per heavy atom. The van der Waals surface area contributed by atoms with Crippen LogP contribution in [0.25, 0.3) is 0 Å². The van der Waals surface area contributed by atoms with E-state index in [4.69, 9.17) is 56.8 Å². The molecular weight excluding hydrogens is 1870 g/mol. The second kappa shape index (κ2) is 42.7. The van der Waals surface area contributed by atoms with Crippen LogP contribution in [0.4, 0.5) is 0 Å². The number of fused-ring (bicyclic) bond motifs is 1. The van der Waals surface area contributed by atoms with Crippen LogP contribution in [0.3, 0.4) is 0 Å². The predicted molar refractivity (Wildman–Crippen MR) is 548 cm³/mol. The van der Waals surface area contributed by atoms with Gasteiger partial charge in [0.25, 0.3) is 6.29 Å². The van der Waals surface area contributed by atoms with Crippen molar-refractivity contribution in [3.05, 3.63) is 95.6 Å². The van der Waals surface area contributed by atoms with E-state index in [0.29, 0.717) is 155 Å². The first kappa shape index (κ1) is 112. The molecule has 3 aromatic rings. The molecule has 19 aliphatic carbocycles. The molecule has 20 bridgehead atoms. The number of rotatable bonds is 31. The van der Waals surface area contributed by atoms with Gasteiger partial charge in [-0.3, -0.25) is 43.2 Å². The van der Waals surface area contributed by atoms with Crippen LogP contribution in [0.5, 0.6) is 11.5 Å². The van der Waals surface area contributed by atoms with Gasteiger partial charge in [-0.15, -0.1) is 0 Å². The Kier molecular flexibility index (Phi) is 32.6. The van der Waals surface area contributed by atoms with Gasteiger partial charge in [-0.1, -0.05) is 92.6 Å². The summed E-state index contributed by atoms with van der Waals surface area (Å²) in [5, 5.41) is 21.3. The zero-order valence-corrected chi connectivity index (χ0v) is 92.0. The first-order chi connectivity index (χ1) is 68.9. The van der Waals surface area contributed by atoms with Crippen molar-refractivity contribution in [2.75, 3.05) is 6.61 Å². The first-order valence-electron chi connectivity index (χ1n) is 56.2. The fourth-order valence-corrected chi connectivity index (χ4v) is 29.4. The summed E-state index contributed by atoms with van der Waals surface area (Å²) >= 11 is 0. The summed E-state index contributed by atoms with van der Waals surface area (Å²) in [5.41, 5.74) is -8.13. The highest BCUT2D eigenvalue weighted by atomic mass is 16.7. The molecule has 2 aliphatic heterocycles. The third kappa shape index (κ3) is 24.2. The Hall–Kier alpha value is -8.78. The Bertz CT molecular complexity index is 5070. The van der Waals surface area contributed by atoms with E-state index in [1.807, 2.05) is 122 Å². The predicted octanol–water partition coefficient (Wildman–Crippen LogP) is 23.8. The van der Waals surface area contributed by atoms with E-state index in [0.717, 1.165) is 108 Å². The summed E-state index contributed by atoms with van der Waals surface area (Å²) < 4.78 is 70.9. The maximum atomic E-state index is 14.8. The summed E-state index contributed by atoms with van der Waals surface area (Å²) in [5.74, 6) is 1.76. The molecule has 2 N–H and O–H groups in total. The average molecular weight is 2040 g/mol. The van der Waals surface area contributed by atoms with E-state index in [2.05, 4.69) is 27.7 Å². The Morgan fingerprint density at radius 3 is 1.20 bits per heavy atom. The number of hydrogen-bond acceptors (Lipinski definition) is 26. The van der Waals surface area contributed by atoms with Gasteiger partial charge in [0, 0.05) is 43.6 Å². The van der Waals surface area contributed by atoms with Crippen molar-refractivity contribution < 1.29 is 125 Å². The zero-order chi connectivity index (χ0) is 107. The van der Waals surface area contributed by atoms with Crippen LogP contribution >= 0.6 is 0 Å². The van der Waals surface area contributed by atoms with Gasteiger partial charge in [0.05, 0.1) is 71.6 Å². The summed E-state index contributed by atoms with van der Waals surface area (Å²) in [4.78, 5) is 156. The second-order valence-corrected chi connectivity index (χ2v) is 53.1. The van der Waals surface area contributed by atoms with Crippen LogP contribution in [0.15, 0.2) is 78.9 Å². The van der Waals surface area contributed by atoms with Crippen molar-refractivity contribution in [2.24, 2.45) is 120 Å².